The zero-order valence-corrected chi connectivity index (χ0v) is 15.7. The molecule has 1 saturated heterocycles. The van der Waals surface area contributed by atoms with Gasteiger partial charge in [-0.25, -0.2) is 9.11 Å². The maximum atomic E-state index is 13.8. The molecule has 0 aliphatic carbocycles. The van der Waals surface area contributed by atoms with Crippen molar-refractivity contribution in [2.24, 2.45) is 5.92 Å². The lowest BCUT2D eigenvalue weighted by Gasteiger charge is -2.31. The first-order valence-corrected chi connectivity index (χ1v) is 9.97. The highest BCUT2D eigenvalue weighted by molar-refractivity contribution is 7.87. The third kappa shape index (κ3) is 5.39. The van der Waals surface area contributed by atoms with Crippen LogP contribution in [-0.2, 0) is 16.8 Å². The van der Waals surface area contributed by atoms with Crippen LogP contribution in [-0.4, -0.2) is 50.8 Å². The highest BCUT2D eigenvalue weighted by atomic mass is 35.5. The minimum Gasteiger partial charge on any atom is -0.302 e. The quantitative estimate of drug-likeness (QED) is 0.794. The van der Waals surface area contributed by atoms with Gasteiger partial charge >= 0.3 is 0 Å². The van der Waals surface area contributed by atoms with Crippen LogP contribution in [0.1, 0.15) is 25.3 Å². The second-order valence-electron chi connectivity index (χ2n) is 6.40. The third-order valence-corrected chi connectivity index (χ3v) is 6.18. The summed E-state index contributed by atoms with van der Waals surface area (Å²) in [5.41, 5.74) is 0.178. The number of benzene rings is 1. The molecular weight excluding hydrogens is 353 g/mol. The number of hydrogen-bond donors (Lipinski definition) is 1. The summed E-state index contributed by atoms with van der Waals surface area (Å²) < 4.78 is 42.0. The van der Waals surface area contributed by atoms with Crippen LogP contribution in [0.5, 0.6) is 0 Å². The summed E-state index contributed by atoms with van der Waals surface area (Å²) in [5, 5.41) is 0.222. The van der Waals surface area contributed by atoms with E-state index < -0.39 is 16.0 Å². The lowest BCUT2D eigenvalue weighted by Crippen LogP contribution is -2.43. The first-order chi connectivity index (χ1) is 11.3. The van der Waals surface area contributed by atoms with E-state index in [1.807, 2.05) is 0 Å². The van der Waals surface area contributed by atoms with Crippen molar-refractivity contribution in [1.29, 1.82) is 0 Å². The SMILES string of the molecule is CC1CCCN(CCNS(=O)(=O)N(C)Cc2c(F)cccc2Cl)C1. The molecular formula is C16H25ClFN3O2S. The second-order valence-corrected chi connectivity index (χ2v) is 8.67. The van der Waals surface area contributed by atoms with Gasteiger partial charge in [-0.15, -0.1) is 0 Å². The monoisotopic (exact) mass is 377 g/mol. The van der Waals surface area contributed by atoms with Crippen molar-refractivity contribution in [1.82, 2.24) is 13.9 Å². The molecule has 5 nitrogen and oxygen atoms in total. The predicted octanol–water partition coefficient (Wildman–Crippen LogP) is 2.48. The molecule has 0 amide bonds. The molecule has 0 aromatic heterocycles. The number of piperidine rings is 1. The van der Waals surface area contributed by atoms with Crippen molar-refractivity contribution < 1.29 is 12.8 Å². The maximum Gasteiger partial charge on any atom is 0.279 e. The van der Waals surface area contributed by atoms with Gasteiger partial charge in [0.15, 0.2) is 0 Å². The molecule has 24 heavy (non-hydrogen) atoms. The summed E-state index contributed by atoms with van der Waals surface area (Å²) >= 11 is 5.95. The number of rotatable bonds is 7. The Kier molecular flexibility index (Phi) is 7.00. The molecule has 8 heteroatoms. The Morgan fingerprint density at radius 3 is 2.88 bits per heavy atom. The highest BCUT2D eigenvalue weighted by Gasteiger charge is 2.21. The van der Waals surface area contributed by atoms with Gasteiger partial charge in [-0.2, -0.15) is 12.7 Å². The van der Waals surface area contributed by atoms with Crippen molar-refractivity contribution in [3.63, 3.8) is 0 Å². The van der Waals surface area contributed by atoms with Gasteiger partial charge in [0, 0.05) is 43.8 Å². The van der Waals surface area contributed by atoms with E-state index in [4.69, 9.17) is 11.6 Å². The largest absolute Gasteiger partial charge is 0.302 e. The molecule has 1 atom stereocenters. The van der Waals surface area contributed by atoms with Gasteiger partial charge < -0.3 is 4.90 Å². The summed E-state index contributed by atoms with van der Waals surface area (Å²) in [6.45, 7) is 5.13. The minimum absolute atomic E-state index is 0.110. The summed E-state index contributed by atoms with van der Waals surface area (Å²) in [7, 11) is -2.26. The van der Waals surface area contributed by atoms with E-state index in [-0.39, 0.29) is 17.1 Å². The van der Waals surface area contributed by atoms with E-state index in [0.717, 1.165) is 23.8 Å². The molecule has 1 heterocycles. The fourth-order valence-electron chi connectivity index (χ4n) is 2.92. The molecule has 1 fully saturated rings. The van der Waals surface area contributed by atoms with E-state index >= 15 is 0 Å². The van der Waals surface area contributed by atoms with Gasteiger partial charge in [0.25, 0.3) is 10.2 Å². The Balaban J connectivity index is 1.87. The fourth-order valence-corrected chi connectivity index (χ4v) is 4.02. The van der Waals surface area contributed by atoms with Crippen LogP contribution in [0.4, 0.5) is 4.39 Å². The third-order valence-electron chi connectivity index (χ3n) is 4.31. The smallest absolute Gasteiger partial charge is 0.279 e. The molecule has 0 bridgehead atoms. The van der Waals surface area contributed by atoms with E-state index in [1.165, 1.54) is 25.6 Å². The summed E-state index contributed by atoms with van der Waals surface area (Å²) in [6.07, 6.45) is 2.38. The molecule has 1 aliphatic heterocycles. The van der Waals surface area contributed by atoms with E-state index in [0.29, 0.717) is 19.0 Å². The van der Waals surface area contributed by atoms with Crippen LogP contribution in [0.3, 0.4) is 0 Å². The van der Waals surface area contributed by atoms with Gasteiger partial charge in [-0.05, 0) is 37.4 Å². The molecule has 1 aliphatic rings. The zero-order valence-electron chi connectivity index (χ0n) is 14.1. The van der Waals surface area contributed by atoms with E-state index in [9.17, 15) is 12.8 Å². The van der Waals surface area contributed by atoms with Crippen LogP contribution in [0.15, 0.2) is 18.2 Å². The van der Waals surface area contributed by atoms with Crippen LogP contribution < -0.4 is 4.72 Å². The first kappa shape index (κ1) is 19.6. The standard InChI is InChI=1S/C16H25ClFN3O2S/c1-13-5-4-9-21(11-13)10-8-19-24(22,23)20(2)12-14-15(17)6-3-7-16(14)18/h3,6-7,13,19H,4-5,8-12H2,1-2H3. The summed E-state index contributed by atoms with van der Waals surface area (Å²) in [5.74, 6) is 0.146. The number of hydrogen-bond acceptors (Lipinski definition) is 3. The van der Waals surface area contributed by atoms with Crippen LogP contribution in [0.2, 0.25) is 5.02 Å². The highest BCUT2D eigenvalue weighted by Crippen LogP contribution is 2.21. The normalized spacial score (nSPS) is 19.8. The Morgan fingerprint density at radius 2 is 2.21 bits per heavy atom. The van der Waals surface area contributed by atoms with Crippen molar-refractivity contribution in [2.45, 2.75) is 26.3 Å². The van der Waals surface area contributed by atoms with Crippen LogP contribution >= 0.6 is 11.6 Å². The topological polar surface area (TPSA) is 52.7 Å². The minimum atomic E-state index is -3.67. The first-order valence-electron chi connectivity index (χ1n) is 8.16. The Labute approximate surface area is 149 Å². The molecule has 136 valence electrons. The summed E-state index contributed by atoms with van der Waals surface area (Å²) in [6, 6.07) is 4.31. The van der Waals surface area contributed by atoms with Gasteiger partial charge in [0.05, 0.1) is 0 Å². The maximum absolute atomic E-state index is 13.8. The Hall–Kier alpha value is -0.730. The molecule has 1 aromatic rings. The average Bonchev–Trinajstić information content (AvgIpc) is 2.50. The molecule has 1 N–H and O–H groups in total. The number of nitrogens with zero attached hydrogens (tertiary/aromatic N) is 2. The molecule has 2 rings (SSSR count). The van der Waals surface area contributed by atoms with E-state index in [1.54, 1.807) is 6.07 Å². The molecule has 0 saturated carbocycles. The number of nitrogens with one attached hydrogen (secondary N) is 1. The lowest BCUT2D eigenvalue weighted by molar-refractivity contribution is 0.187. The van der Waals surface area contributed by atoms with E-state index in [2.05, 4.69) is 16.5 Å². The Bertz CT molecular complexity index is 636. The van der Waals surface area contributed by atoms with Crippen molar-refractivity contribution >= 4 is 21.8 Å². The summed E-state index contributed by atoms with van der Waals surface area (Å²) in [4.78, 5) is 2.27. The van der Waals surface area contributed by atoms with Crippen molar-refractivity contribution in [2.75, 3.05) is 33.2 Å². The number of likely N-dealkylation sites (tertiary alicyclic amines) is 1. The van der Waals surface area contributed by atoms with Crippen LogP contribution in [0.25, 0.3) is 0 Å². The molecule has 0 spiro atoms. The fraction of sp³-hybridized carbons (Fsp3) is 0.625. The van der Waals surface area contributed by atoms with Gasteiger partial charge in [0.1, 0.15) is 5.82 Å². The lowest BCUT2D eigenvalue weighted by atomic mass is 10.0. The molecule has 1 aromatic carbocycles. The average molecular weight is 378 g/mol. The van der Waals surface area contributed by atoms with Crippen molar-refractivity contribution in [3.8, 4) is 0 Å². The van der Waals surface area contributed by atoms with Crippen LogP contribution in [0, 0.1) is 11.7 Å². The van der Waals surface area contributed by atoms with Gasteiger partial charge in [-0.3, -0.25) is 0 Å². The molecule has 1 unspecified atom stereocenters. The zero-order chi connectivity index (χ0) is 17.7. The van der Waals surface area contributed by atoms with Gasteiger partial charge in [0.2, 0.25) is 0 Å². The van der Waals surface area contributed by atoms with Crippen molar-refractivity contribution in [3.05, 3.63) is 34.6 Å². The number of halogens is 2. The van der Waals surface area contributed by atoms with Gasteiger partial charge in [-0.1, -0.05) is 24.6 Å². The second kappa shape index (κ2) is 8.58. The Morgan fingerprint density at radius 1 is 1.46 bits per heavy atom. The predicted molar refractivity (Wildman–Crippen MR) is 94.6 cm³/mol. The molecule has 0 radical (unpaired) electrons.